The van der Waals surface area contributed by atoms with Gasteiger partial charge in [-0.2, -0.15) is 0 Å². The van der Waals surface area contributed by atoms with Gasteiger partial charge in [-0.15, -0.1) is 0 Å². The number of allylic oxidation sites excluding steroid dienone is 4. The van der Waals surface area contributed by atoms with Gasteiger partial charge >= 0.3 is 11.9 Å². The first kappa shape index (κ1) is 31.8. The summed E-state index contributed by atoms with van der Waals surface area (Å²) in [5.74, 6) is -4.45. The van der Waals surface area contributed by atoms with E-state index in [0.29, 0.717) is 12.8 Å². The molecule has 4 unspecified atom stereocenters. The van der Waals surface area contributed by atoms with Crippen LogP contribution in [0, 0.1) is 11.8 Å². The zero-order valence-corrected chi connectivity index (χ0v) is 27.6. The third-order valence-electron chi connectivity index (χ3n) is 8.23. The molecule has 5 rings (SSSR count). The minimum absolute atomic E-state index is 0.177. The molecular formula is C36H32Br2O6. The van der Waals surface area contributed by atoms with Crippen LogP contribution in [0.4, 0.5) is 0 Å². The van der Waals surface area contributed by atoms with Gasteiger partial charge < -0.3 is 9.47 Å². The Kier molecular flexibility index (Phi) is 10.1. The lowest BCUT2D eigenvalue weighted by molar-refractivity contribution is -0.153. The molecule has 0 spiro atoms. The summed E-state index contributed by atoms with van der Waals surface area (Å²) in [5, 5.41) is 0. The van der Waals surface area contributed by atoms with Gasteiger partial charge in [0, 0.05) is 20.8 Å². The van der Waals surface area contributed by atoms with E-state index in [1.165, 1.54) is 0 Å². The van der Waals surface area contributed by atoms with Crippen LogP contribution in [0.3, 0.4) is 0 Å². The van der Waals surface area contributed by atoms with Crippen molar-refractivity contribution in [3.05, 3.63) is 116 Å². The molecule has 0 fully saturated rings. The predicted octanol–water partition coefficient (Wildman–Crippen LogP) is 7.85. The second kappa shape index (κ2) is 14.0. The largest absolute Gasteiger partial charge is 0.465 e. The molecule has 0 heterocycles. The molecule has 2 aliphatic rings. The van der Waals surface area contributed by atoms with Crippen LogP contribution in [0.15, 0.2) is 93.9 Å². The van der Waals surface area contributed by atoms with Crippen molar-refractivity contribution in [1.29, 1.82) is 0 Å². The number of halogens is 2. The molecule has 8 heteroatoms. The van der Waals surface area contributed by atoms with E-state index in [9.17, 15) is 19.2 Å². The summed E-state index contributed by atoms with van der Waals surface area (Å²) < 4.78 is 12.5. The van der Waals surface area contributed by atoms with Crippen LogP contribution in [-0.4, -0.2) is 36.7 Å². The maximum Gasteiger partial charge on any atom is 0.317 e. The SMILES string of the molecule is CCOC(=O)C1C(=O)C=C(c2ccc(Br)cc2)CC1c1ccc(C2CC(c3ccc(Br)cc3)=CC(=O)C2C(=O)OCC)cc1. The van der Waals surface area contributed by atoms with E-state index in [1.807, 2.05) is 72.8 Å². The maximum atomic E-state index is 13.4. The van der Waals surface area contributed by atoms with Crippen LogP contribution in [-0.2, 0) is 28.7 Å². The van der Waals surface area contributed by atoms with Crippen LogP contribution in [0.2, 0.25) is 0 Å². The van der Waals surface area contributed by atoms with Crippen molar-refractivity contribution >= 4 is 66.5 Å². The fraction of sp³-hybridized carbons (Fsp3) is 0.278. The van der Waals surface area contributed by atoms with Crippen molar-refractivity contribution in [2.75, 3.05) is 13.2 Å². The van der Waals surface area contributed by atoms with E-state index >= 15 is 0 Å². The first-order valence-electron chi connectivity index (χ1n) is 14.6. The number of hydrogen-bond donors (Lipinski definition) is 0. The average Bonchev–Trinajstić information content (AvgIpc) is 3.01. The molecule has 4 atom stereocenters. The number of esters is 2. The third kappa shape index (κ3) is 6.87. The highest BCUT2D eigenvalue weighted by atomic mass is 79.9. The first-order valence-corrected chi connectivity index (χ1v) is 16.2. The van der Waals surface area contributed by atoms with Gasteiger partial charge in [-0.1, -0.05) is 80.4 Å². The predicted molar refractivity (Wildman–Crippen MR) is 176 cm³/mol. The third-order valence-corrected chi connectivity index (χ3v) is 9.29. The quantitative estimate of drug-likeness (QED) is 0.174. The summed E-state index contributed by atoms with van der Waals surface area (Å²) in [6.45, 7) is 3.80. The molecule has 0 N–H and O–H groups in total. The normalized spacial score (nSPS) is 21.7. The number of hydrogen-bond acceptors (Lipinski definition) is 6. The van der Waals surface area contributed by atoms with Gasteiger partial charge in [-0.3, -0.25) is 19.2 Å². The van der Waals surface area contributed by atoms with E-state index in [0.717, 1.165) is 42.3 Å². The molecule has 0 amide bonds. The van der Waals surface area contributed by atoms with Crippen molar-refractivity contribution < 1.29 is 28.7 Å². The van der Waals surface area contributed by atoms with Gasteiger partial charge in [0.25, 0.3) is 0 Å². The van der Waals surface area contributed by atoms with E-state index in [2.05, 4.69) is 31.9 Å². The van der Waals surface area contributed by atoms with Crippen molar-refractivity contribution in [3.63, 3.8) is 0 Å². The molecule has 3 aromatic carbocycles. The van der Waals surface area contributed by atoms with Crippen LogP contribution in [0.5, 0.6) is 0 Å². The monoisotopic (exact) mass is 718 g/mol. The van der Waals surface area contributed by atoms with Crippen molar-refractivity contribution in [3.8, 4) is 0 Å². The van der Waals surface area contributed by atoms with Crippen molar-refractivity contribution in [2.45, 2.75) is 38.5 Å². The molecule has 6 nitrogen and oxygen atoms in total. The Hall–Kier alpha value is -3.62. The molecular weight excluding hydrogens is 688 g/mol. The molecule has 0 saturated carbocycles. The smallest absolute Gasteiger partial charge is 0.317 e. The van der Waals surface area contributed by atoms with Gasteiger partial charge in [0.05, 0.1) is 13.2 Å². The van der Waals surface area contributed by atoms with Gasteiger partial charge in [0.15, 0.2) is 11.6 Å². The summed E-state index contributed by atoms with van der Waals surface area (Å²) in [6, 6.07) is 23.1. The van der Waals surface area contributed by atoms with E-state index in [4.69, 9.17) is 9.47 Å². The van der Waals surface area contributed by atoms with E-state index in [-0.39, 0.29) is 24.8 Å². The second-order valence-corrected chi connectivity index (χ2v) is 12.7. The Morgan fingerprint density at radius 3 is 1.27 bits per heavy atom. The van der Waals surface area contributed by atoms with Crippen molar-refractivity contribution in [2.24, 2.45) is 11.8 Å². The molecule has 3 aromatic rings. The van der Waals surface area contributed by atoms with Crippen LogP contribution in [0.25, 0.3) is 11.1 Å². The zero-order chi connectivity index (χ0) is 31.4. The van der Waals surface area contributed by atoms with Gasteiger partial charge in [-0.05, 0) is 96.5 Å². The highest BCUT2D eigenvalue weighted by molar-refractivity contribution is 9.10. The molecule has 226 valence electrons. The number of benzene rings is 3. The minimum atomic E-state index is -0.963. The van der Waals surface area contributed by atoms with Gasteiger partial charge in [0.2, 0.25) is 0 Å². The van der Waals surface area contributed by atoms with E-state index < -0.39 is 35.6 Å². The minimum Gasteiger partial charge on any atom is -0.465 e. The standard InChI is InChI=1S/C36H32Br2O6/c1-3-43-35(41)33-29(17-25(19-31(33)39)21-9-13-27(37)14-10-21)23-5-7-24(8-6-23)30-18-26(22-11-15-28(38)16-12-22)20-32(40)34(30)36(42)44-4-2/h5-16,19-20,29-30,33-34H,3-4,17-18H2,1-2H3. The number of carbonyl (C=O) groups is 4. The lowest BCUT2D eigenvalue weighted by atomic mass is 9.71. The number of ether oxygens (including phenoxy) is 2. The number of ketones is 2. The van der Waals surface area contributed by atoms with Crippen molar-refractivity contribution in [1.82, 2.24) is 0 Å². The highest BCUT2D eigenvalue weighted by Crippen LogP contribution is 2.43. The maximum absolute atomic E-state index is 13.4. The molecule has 0 aliphatic heterocycles. The lowest BCUT2D eigenvalue weighted by Crippen LogP contribution is -2.34. The van der Waals surface area contributed by atoms with Crippen LogP contribution >= 0.6 is 31.9 Å². The lowest BCUT2D eigenvalue weighted by Gasteiger charge is -2.31. The van der Waals surface area contributed by atoms with Gasteiger partial charge in [-0.25, -0.2) is 0 Å². The summed E-state index contributed by atoms with van der Waals surface area (Å²) >= 11 is 6.91. The Balaban J connectivity index is 1.49. The summed E-state index contributed by atoms with van der Waals surface area (Å²) in [6.07, 6.45) is 4.06. The topological polar surface area (TPSA) is 86.7 Å². The Morgan fingerprint density at radius 1 is 0.614 bits per heavy atom. The highest BCUT2D eigenvalue weighted by Gasteiger charge is 2.42. The molecule has 44 heavy (non-hydrogen) atoms. The molecule has 0 bridgehead atoms. The molecule has 0 saturated heterocycles. The summed E-state index contributed by atoms with van der Waals surface area (Å²) in [4.78, 5) is 52.8. The first-order chi connectivity index (χ1) is 21.2. The van der Waals surface area contributed by atoms with Gasteiger partial charge in [0.1, 0.15) is 11.8 Å². The molecule has 2 aliphatic carbocycles. The Labute approximate surface area is 273 Å². The summed E-state index contributed by atoms with van der Waals surface area (Å²) in [5.41, 5.74) is 5.14. The number of rotatable bonds is 8. The van der Waals surface area contributed by atoms with Crippen LogP contribution in [0.1, 0.15) is 60.8 Å². The second-order valence-electron chi connectivity index (χ2n) is 10.9. The average molecular weight is 720 g/mol. The summed E-state index contributed by atoms with van der Waals surface area (Å²) in [7, 11) is 0. The Morgan fingerprint density at radius 2 is 0.955 bits per heavy atom. The fourth-order valence-electron chi connectivity index (χ4n) is 6.11. The number of carbonyl (C=O) groups excluding carboxylic acids is 4. The fourth-order valence-corrected chi connectivity index (χ4v) is 6.64. The molecule has 0 aromatic heterocycles. The van der Waals surface area contributed by atoms with Crippen LogP contribution < -0.4 is 0 Å². The zero-order valence-electron chi connectivity index (χ0n) is 24.4. The Bertz CT molecular complexity index is 1500. The van der Waals surface area contributed by atoms with E-state index in [1.54, 1.807) is 26.0 Å². The molecule has 0 radical (unpaired) electrons.